The van der Waals surface area contributed by atoms with Gasteiger partial charge in [-0.1, -0.05) is 12.1 Å². The number of nitrogens with one attached hydrogen (secondary N) is 1. The Kier molecular flexibility index (Phi) is 4.89. The van der Waals surface area contributed by atoms with E-state index in [0.29, 0.717) is 26.8 Å². The molecule has 0 radical (unpaired) electrons. The lowest BCUT2D eigenvalue weighted by molar-refractivity contribution is 0.622. The zero-order valence-corrected chi connectivity index (χ0v) is 15.8. The lowest BCUT2D eigenvalue weighted by Crippen LogP contribution is -2.11. The molecule has 0 saturated carbocycles. The van der Waals surface area contributed by atoms with Crippen LogP contribution in [0.4, 0.5) is 10.2 Å². The van der Waals surface area contributed by atoms with E-state index in [0.717, 1.165) is 11.1 Å². The first kappa shape index (κ1) is 17.6. The number of benzene rings is 2. The Balaban J connectivity index is 2.06. The second-order valence-electron chi connectivity index (χ2n) is 5.62. The number of fused-ring (bicyclic) bond motifs is 1. The highest BCUT2D eigenvalue weighted by Gasteiger charge is 2.15. The SMILES string of the molecule is Cc1c(C#N)cccc1[C@@H](C)Nc1nc(Cl)nc2cc(F)c(Br)cc12. The predicted octanol–water partition coefficient (Wildman–Crippen LogP) is 5.54. The van der Waals surface area contributed by atoms with Gasteiger partial charge >= 0.3 is 0 Å². The summed E-state index contributed by atoms with van der Waals surface area (Å²) in [4.78, 5) is 8.32. The van der Waals surface area contributed by atoms with Gasteiger partial charge in [0, 0.05) is 11.5 Å². The van der Waals surface area contributed by atoms with E-state index in [1.54, 1.807) is 12.1 Å². The maximum absolute atomic E-state index is 13.8. The van der Waals surface area contributed by atoms with Gasteiger partial charge in [-0.25, -0.2) is 14.4 Å². The summed E-state index contributed by atoms with van der Waals surface area (Å²) in [5.41, 5.74) is 2.92. The molecule has 1 aromatic heterocycles. The van der Waals surface area contributed by atoms with Gasteiger partial charge in [0.15, 0.2) is 0 Å². The van der Waals surface area contributed by atoms with Crippen LogP contribution in [0.25, 0.3) is 10.9 Å². The summed E-state index contributed by atoms with van der Waals surface area (Å²) in [6, 6.07) is 10.6. The minimum absolute atomic E-state index is 0.0337. The van der Waals surface area contributed by atoms with Crippen molar-refractivity contribution in [1.82, 2.24) is 9.97 Å². The fraction of sp³-hybridized carbons (Fsp3) is 0.167. The molecule has 0 spiro atoms. The second kappa shape index (κ2) is 6.95. The smallest absolute Gasteiger partial charge is 0.224 e. The molecule has 126 valence electrons. The Bertz CT molecular complexity index is 1020. The summed E-state index contributed by atoms with van der Waals surface area (Å²) < 4.78 is 14.1. The monoisotopic (exact) mass is 418 g/mol. The maximum Gasteiger partial charge on any atom is 0.224 e. The van der Waals surface area contributed by atoms with Crippen LogP contribution in [0, 0.1) is 24.1 Å². The molecule has 1 atom stereocenters. The highest BCUT2D eigenvalue weighted by atomic mass is 79.9. The minimum atomic E-state index is -0.418. The Morgan fingerprint density at radius 1 is 1.32 bits per heavy atom. The highest BCUT2D eigenvalue weighted by molar-refractivity contribution is 9.10. The first-order valence-electron chi connectivity index (χ1n) is 7.49. The van der Waals surface area contributed by atoms with Gasteiger partial charge in [-0.15, -0.1) is 0 Å². The number of hydrogen-bond acceptors (Lipinski definition) is 4. The Hall–Kier alpha value is -2.23. The minimum Gasteiger partial charge on any atom is -0.363 e. The summed E-state index contributed by atoms with van der Waals surface area (Å²) in [6.45, 7) is 3.87. The normalized spacial score (nSPS) is 12.0. The molecule has 0 bridgehead atoms. The van der Waals surface area contributed by atoms with Crippen LogP contribution in [0.15, 0.2) is 34.8 Å². The van der Waals surface area contributed by atoms with Crippen LogP contribution in [-0.2, 0) is 0 Å². The largest absolute Gasteiger partial charge is 0.363 e. The van der Waals surface area contributed by atoms with Crippen LogP contribution in [0.3, 0.4) is 0 Å². The van der Waals surface area contributed by atoms with Crippen LogP contribution in [0.5, 0.6) is 0 Å². The average Bonchev–Trinajstić information content (AvgIpc) is 2.56. The van der Waals surface area contributed by atoms with Crippen molar-refractivity contribution in [3.05, 3.63) is 62.6 Å². The lowest BCUT2D eigenvalue weighted by atomic mass is 9.98. The van der Waals surface area contributed by atoms with Gasteiger partial charge in [0.05, 0.1) is 27.7 Å². The Morgan fingerprint density at radius 3 is 2.80 bits per heavy atom. The van der Waals surface area contributed by atoms with E-state index >= 15 is 0 Å². The molecule has 0 amide bonds. The predicted molar refractivity (Wildman–Crippen MR) is 100 cm³/mol. The van der Waals surface area contributed by atoms with Crippen molar-refractivity contribution in [3.8, 4) is 6.07 Å². The number of anilines is 1. The maximum atomic E-state index is 13.8. The molecule has 0 aliphatic heterocycles. The van der Waals surface area contributed by atoms with Crippen LogP contribution in [0.2, 0.25) is 5.28 Å². The van der Waals surface area contributed by atoms with Crippen molar-refractivity contribution < 1.29 is 4.39 Å². The topological polar surface area (TPSA) is 61.6 Å². The van der Waals surface area contributed by atoms with Crippen molar-refractivity contribution >= 4 is 44.3 Å². The summed E-state index contributed by atoms with van der Waals surface area (Å²) in [5, 5.41) is 13.2. The van der Waals surface area contributed by atoms with Gasteiger partial charge in [0.2, 0.25) is 5.28 Å². The number of nitrogens with zero attached hydrogens (tertiary/aromatic N) is 3. The van der Waals surface area contributed by atoms with E-state index in [-0.39, 0.29) is 11.3 Å². The lowest BCUT2D eigenvalue weighted by Gasteiger charge is -2.19. The fourth-order valence-corrected chi connectivity index (χ4v) is 3.25. The number of hydrogen-bond donors (Lipinski definition) is 1. The van der Waals surface area contributed by atoms with Crippen molar-refractivity contribution in [2.75, 3.05) is 5.32 Å². The van der Waals surface area contributed by atoms with Crippen LogP contribution < -0.4 is 5.32 Å². The van der Waals surface area contributed by atoms with E-state index in [1.807, 2.05) is 26.0 Å². The van der Waals surface area contributed by atoms with Crippen LogP contribution in [-0.4, -0.2) is 9.97 Å². The standard InChI is InChI=1S/C18H13BrClFN4/c1-9-11(8-22)4-3-5-12(9)10(2)23-17-13-6-14(19)15(21)7-16(13)24-18(20)25-17/h3-7,10H,1-2H3,(H,23,24,25)/t10-/m1/s1. The third-order valence-electron chi connectivity index (χ3n) is 4.03. The van der Waals surface area contributed by atoms with Crippen molar-refractivity contribution in [3.63, 3.8) is 0 Å². The van der Waals surface area contributed by atoms with E-state index in [1.165, 1.54) is 6.07 Å². The molecular formula is C18H13BrClFN4. The van der Waals surface area contributed by atoms with E-state index in [9.17, 15) is 9.65 Å². The molecule has 4 nitrogen and oxygen atoms in total. The molecule has 0 saturated heterocycles. The average molecular weight is 420 g/mol. The first-order valence-corrected chi connectivity index (χ1v) is 8.66. The van der Waals surface area contributed by atoms with Gasteiger partial charge in [-0.05, 0) is 64.6 Å². The molecule has 7 heteroatoms. The van der Waals surface area contributed by atoms with Crippen LogP contribution >= 0.6 is 27.5 Å². The summed E-state index contributed by atoms with van der Waals surface area (Å²) in [5.74, 6) is 0.0868. The van der Waals surface area contributed by atoms with Crippen molar-refractivity contribution in [2.24, 2.45) is 0 Å². The Labute approximate surface area is 157 Å². The quantitative estimate of drug-likeness (QED) is 0.566. The third-order valence-corrected chi connectivity index (χ3v) is 4.80. The zero-order valence-electron chi connectivity index (χ0n) is 13.4. The zero-order chi connectivity index (χ0) is 18.1. The van der Waals surface area contributed by atoms with E-state index in [2.05, 4.69) is 37.3 Å². The molecule has 0 aliphatic rings. The molecule has 3 aromatic rings. The molecule has 1 heterocycles. The second-order valence-corrected chi connectivity index (χ2v) is 6.81. The van der Waals surface area contributed by atoms with Crippen LogP contribution in [0.1, 0.15) is 29.7 Å². The molecule has 0 unspecified atom stereocenters. The summed E-state index contributed by atoms with van der Waals surface area (Å²) in [7, 11) is 0. The van der Waals surface area contributed by atoms with Crippen molar-refractivity contribution in [2.45, 2.75) is 19.9 Å². The Morgan fingerprint density at radius 2 is 2.08 bits per heavy atom. The van der Waals surface area contributed by atoms with Gasteiger partial charge in [0.1, 0.15) is 11.6 Å². The molecule has 25 heavy (non-hydrogen) atoms. The number of nitriles is 1. The van der Waals surface area contributed by atoms with Gasteiger partial charge < -0.3 is 5.32 Å². The molecular weight excluding hydrogens is 407 g/mol. The van der Waals surface area contributed by atoms with Gasteiger partial charge in [-0.2, -0.15) is 5.26 Å². The van der Waals surface area contributed by atoms with Gasteiger partial charge in [-0.3, -0.25) is 0 Å². The molecule has 0 aliphatic carbocycles. The molecule has 0 fully saturated rings. The fourth-order valence-electron chi connectivity index (χ4n) is 2.73. The third kappa shape index (κ3) is 3.44. The van der Waals surface area contributed by atoms with Crippen molar-refractivity contribution in [1.29, 1.82) is 5.26 Å². The highest BCUT2D eigenvalue weighted by Crippen LogP contribution is 2.31. The molecule has 1 N–H and O–H groups in total. The summed E-state index contributed by atoms with van der Waals surface area (Å²) in [6.07, 6.45) is 0. The number of aromatic nitrogens is 2. The number of rotatable bonds is 3. The molecule has 2 aromatic carbocycles. The van der Waals surface area contributed by atoms with E-state index in [4.69, 9.17) is 11.6 Å². The first-order chi connectivity index (χ1) is 11.9. The number of halogens is 3. The van der Waals surface area contributed by atoms with E-state index < -0.39 is 5.82 Å². The van der Waals surface area contributed by atoms with Gasteiger partial charge in [0.25, 0.3) is 0 Å². The summed E-state index contributed by atoms with van der Waals surface area (Å²) >= 11 is 9.17. The molecule has 3 rings (SSSR count).